The molecule has 0 saturated heterocycles. The zero-order valence-electron chi connectivity index (χ0n) is 16.7. The molecule has 2 aromatic carbocycles. The topological polar surface area (TPSA) is 77.8 Å². The number of ether oxygens (including phenoxy) is 3. The molecular formula is C22H20ClN3O4. The SMILES string of the molecule is COc1cc(-c2cc3nc(Cc4ccccc4Cl)cc(=O)n3[nH]2)cc(OC)c1OC. The lowest BCUT2D eigenvalue weighted by atomic mass is 10.1. The number of methoxy groups -OCH3 is 3. The van der Waals surface area contributed by atoms with E-state index in [0.29, 0.717) is 45.7 Å². The van der Waals surface area contributed by atoms with Crippen LogP contribution in [0.2, 0.25) is 5.02 Å². The summed E-state index contributed by atoms with van der Waals surface area (Å²) in [6.45, 7) is 0. The van der Waals surface area contributed by atoms with E-state index in [2.05, 4.69) is 10.1 Å². The molecule has 0 bridgehead atoms. The van der Waals surface area contributed by atoms with Crippen LogP contribution in [-0.4, -0.2) is 35.9 Å². The van der Waals surface area contributed by atoms with Crippen molar-refractivity contribution < 1.29 is 14.2 Å². The molecule has 0 aliphatic rings. The van der Waals surface area contributed by atoms with Gasteiger partial charge in [0.1, 0.15) is 0 Å². The van der Waals surface area contributed by atoms with E-state index in [1.165, 1.54) is 10.6 Å². The third-order valence-electron chi connectivity index (χ3n) is 4.81. The highest BCUT2D eigenvalue weighted by Crippen LogP contribution is 2.40. The Bertz CT molecular complexity index is 1250. The average Bonchev–Trinajstić information content (AvgIpc) is 3.19. The van der Waals surface area contributed by atoms with Gasteiger partial charge in [0.15, 0.2) is 17.1 Å². The van der Waals surface area contributed by atoms with E-state index in [9.17, 15) is 4.79 Å². The van der Waals surface area contributed by atoms with Gasteiger partial charge in [-0.2, -0.15) is 0 Å². The maximum atomic E-state index is 12.7. The maximum absolute atomic E-state index is 12.7. The standard InChI is InChI=1S/C22H20ClN3O4/c1-28-18-9-14(10-19(29-2)22(18)30-3)17-12-20-24-15(11-21(27)26(20)25-17)8-13-6-4-5-7-16(13)23/h4-7,9-12,25H,8H2,1-3H3. The number of H-pyrrole nitrogens is 1. The van der Waals surface area contributed by atoms with E-state index in [0.717, 1.165) is 11.1 Å². The zero-order valence-corrected chi connectivity index (χ0v) is 17.5. The number of hydrogen-bond donors (Lipinski definition) is 1. The van der Waals surface area contributed by atoms with Crippen molar-refractivity contribution in [3.63, 3.8) is 0 Å². The molecule has 1 N–H and O–H groups in total. The number of aromatic amines is 1. The van der Waals surface area contributed by atoms with Crippen LogP contribution in [0.1, 0.15) is 11.3 Å². The number of halogens is 1. The minimum Gasteiger partial charge on any atom is -0.493 e. The molecule has 0 saturated carbocycles. The molecule has 0 aliphatic carbocycles. The van der Waals surface area contributed by atoms with E-state index >= 15 is 0 Å². The number of fused-ring (bicyclic) bond motifs is 1. The van der Waals surface area contributed by atoms with Gasteiger partial charge in [0.05, 0.1) is 32.7 Å². The van der Waals surface area contributed by atoms with Crippen molar-refractivity contribution in [1.82, 2.24) is 14.6 Å². The highest BCUT2D eigenvalue weighted by molar-refractivity contribution is 6.31. The van der Waals surface area contributed by atoms with Crippen LogP contribution in [0, 0.1) is 0 Å². The summed E-state index contributed by atoms with van der Waals surface area (Å²) < 4.78 is 17.6. The fourth-order valence-corrected chi connectivity index (χ4v) is 3.55. The first-order valence-electron chi connectivity index (χ1n) is 9.19. The minimum atomic E-state index is -0.208. The number of aromatic nitrogens is 3. The highest BCUT2D eigenvalue weighted by Gasteiger charge is 2.16. The van der Waals surface area contributed by atoms with Gasteiger partial charge in [0.25, 0.3) is 5.56 Å². The largest absolute Gasteiger partial charge is 0.493 e. The van der Waals surface area contributed by atoms with Crippen molar-refractivity contribution in [3.8, 4) is 28.5 Å². The normalized spacial score (nSPS) is 10.9. The summed E-state index contributed by atoms with van der Waals surface area (Å²) in [6, 6.07) is 14.4. The third kappa shape index (κ3) is 3.59. The fourth-order valence-electron chi connectivity index (χ4n) is 3.35. The van der Waals surface area contributed by atoms with E-state index in [4.69, 9.17) is 25.8 Å². The number of nitrogens with one attached hydrogen (secondary N) is 1. The number of rotatable bonds is 6. The molecule has 154 valence electrons. The van der Waals surface area contributed by atoms with E-state index < -0.39 is 0 Å². The first kappa shape index (κ1) is 19.8. The number of nitrogens with zero attached hydrogens (tertiary/aromatic N) is 2. The van der Waals surface area contributed by atoms with Crippen LogP contribution >= 0.6 is 11.6 Å². The highest BCUT2D eigenvalue weighted by atomic mass is 35.5. The van der Waals surface area contributed by atoms with Gasteiger partial charge in [-0.25, -0.2) is 9.50 Å². The molecule has 0 atom stereocenters. The molecule has 7 nitrogen and oxygen atoms in total. The molecule has 2 aromatic heterocycles. The minimum absolute atomic E-state index is 0.208. The molecule has 0 radical (unpaired) electrons. The Morgan fingerprint density at radius 1 is 1.00 bits per heavy atom. The summed E-state index contributed by atoms with van der Waals surface area (Å²) in [4.78, 5) is 17.3. The molecule has 4 aromatic rings. The van der Waals surface area contributed by atoms with E-state index in [1.54, 1.807) is 27.4 Å². The molecule has 0 fully saturated rings. The van der Waals surface area contributed by atoms with Gasteiger partial charge < -0.3 is 14.2 Å². The van der Waals surface area contributed by atoms with Crippen molar-refractivity contribution in [2.24, 2.45) is 0 Å². The van der Waals surface area contributed by atoms with Crippen LogP contribution in [0.15, 0.2) is 53.3 Å². The Hall–Kier alpha value is -3.45. The molecule has 0 unspecified atom stereocenters. The number of benzene rings is 2. The Kier molecular flexibility index (Phi) is 5.37. The van der Waals surface area contributed by atoms with Crippen LogP contribution in [-0.2, 0) is 6.42 Å². The molecule has 8 heteroatoms. The summed E-state index contributed by atoms with van der Waals surface area (Å²) in [6.07, 6.45) is 0.468. The molecule has 2 heterocycles. The van der Waals surface area contributed by atoms with Gasteiger partial charge in [-0.05, 0) is 23.8 Å². The van der Waals surface area contributed by atoms with Crippen molar-refractivity contribution in [2.45, 2.75) is 6.42 Å². The van der Waals surface area contributed by atoms with Crippen molar-refractivity contribution in [1.29, 1.82) is 0 Å². The van der Waals surface area contributed by atoms with Crippen LogP contribution in [0.4, 0.5) is 0 Å². The predicted molar refractivity (Wildman–Crippen MR) is 115 cm³/mol. The van der Waals surface area contributed by atoms with Gasteiger partial charge in [-0.1, -0.05) is 29.8 Å². The lowest BCUT2D eigenvalue weighted by molar-refractivity contribution is 0.324. The lowest BCUT2D eigenvalue weighted by Gasteiger charge is -2.13. The van der Waals surface area contributed by atoms with Gasteiger partial charge in [0, 0.05) is 29.1 Å². The number of hydrogen-bond acceptors (Lipinski definition) is 5. The quantitative estimate of drug-likeness (QED) is 0.506. The zero-order chi connectivity index (χ0) is 21.3. The van der Waals surface area contributed by atoms with Crippen LogP contribution in [0.5, 0.6) is 17.2 Å². The average molecular weight is 426 g/mol. The van der Waals surface area contributed by atoms with Crippen LogP contribution in [0.3, 0.4) is 0 Å². The van der Waals surface area contributed by atoms with Gasteiger partial charge in [-0.3, -0.25) is 9.89 Å². The Balaban J connectivity index is 1.78. The second-order valence-corrected chi connectivity index (χ2v) is 7.04. The smallest absolute Gasteiger partial charge is 0.272 e. The Morgan fingerprint density at radius 3 is 2.33 bits per heavy atom. The van der Waals surface area contributed by atoms with E-state index in [1.807, 2.05) is 36.4 Å². The van der Waals surface area contributed by atoms with Crippen molar-refractivity contribution in [2.75, 3.05) is 21.3 Å². The summed E-state index contributed by atoms with van der Waals surface area (Å²) in [5.74, 6) is 1.53. The van der Waals surface area contributed by atoms with Gasteiger partial charge in [-0.15, -0.1) is 0 Å². The second-order valence-electron chi connectivity index (χ2n) is 6.63. The first-order chi connectivity index (χ1) is 14.5. The Morgan fingerprint density at radius 2 is 1.70 bits per heavy atom. The van der Waals surface area contributed by atoms with Crippen LogP contribution in [0.25, 0.3) is 16.9 Å². The van der Waals surface area contributed by atoms with Crippen molar-refractivity contribution >= 4 is 17.2 Å². The molecular weight excluding hydrogens is 406 g/mol. The first-order valence-corrected chi connectivity index (χ1v) is 9.57. The fraction of sp³-hybridized carbons (Fsp3) is 0.182. The van der Waals surface area contributed by atoms with Gasteiger partial charge in [0.2, 0.25) is 5.75 Å². The summed E-state index contributed by atoms with van der Waals surface area (Å²) in [5.41, 5.74) is 3.31. The third-order valence-corrected chi connectivity index (χ3v) is 5.18. The molecule has 30 heavy (non-hydrogen) atoms. The maximum Gasteiger partial charge on any atom is 0.272 e. The summed E-state index contributed by atoms with van der Waals surface area (Å²) >= 11 is 6.25. The predicted octanol–water partition coefficient (Wildman–Crippen LogP) is 3.96. The lowest BCUT2D eigenvalue weighted by Crippen LogP contribution is -2.15. The van der Waals surface area contributed by atoms with Crippen LogP contribution < -0.4 is 19.8 Å². The molecule has 0 aliphatic heterocycles. The summed E-state index contributed by atoms with van der Waals surface area (Å²) in [7, 11) is 4.66. The molecule has 0 amide bonds. The van der Waals surface area contributed by atoms with Crippen molar-refractivity contribution in [3.05, 3.63) is 75.2 Å². The summed E-state index contributed by atoms with van der Waals surface area (Å²) in [5, 5.41) is 3.73. The second kappa shape index (κ2) is 8.12. The Labute approximate surface area is 177 Å². The van der Waals surface area contributed by atoms with E-state index in [-0.39, 0.29) is 5.56 Å². The van der Waals surface area contributed by atoms with Gasteiger partial charge >= 0.3 is 0 Å². The monoisotopic (exact) mass is 425 g/mol. The molecule has 0 spiro atoms. The molecule has 4 rings (SSSR count).